The average molecular weight is 431 g/mol. The number of nitrogens with zero attached hydrogens (tertiary/aromatic N) is 4. The van der Waals surface area contributed by atoms with Crippen molar-refractivity contribution in [3.63, 3.8) is 0 Å². The Balaban J connectivity index is 1.31. The van der Waals surface area contributed by atoms with E-state index in [-0.39, 0.29) is 0 Å². The molecule has 32 heavy (non-hydrogen) atoms. The number of fused-ring (bicyclic) bond motifs is 1. The molecular weight excluding hydrogens is 400 g/mol. The summed E-state index contributed by atoms with van der Waals surface area (Å²) in [5.74, 6) is -0.189. The molecule has 2 aromatic carbocycles. The SMILES string of the molecule is CCN1CCN(c2ccc(C3(N)N=CC(C)=C(Nc4ccc5[nH]ncc5c4)N3)cc2)CC1. The second-order valence-electron chi connectivity index (χ2n) is 8.47. The number of likely N-dealkylation sites (N-methyl/N-ethyl adjacent to an activating group) is 1. The van der Waals surface area contributed by atoms with Crippen LogP contribution in [0.5, 0.6) is 0 Å². The number of rotatable bonds is 5. The molecule has 1 saturated heterocycles. The molecule has 0 bridgehead atoms. The highest BCUT2D eigenvalue weighted by atomic mass is 15.3. The average Bonchev–Trinajstić information content (AvgIpc) is 3.30. The summed E-state index contributed by atoms with van der Waals surface area (Å²) in [5, 5.41) is 15.0. The van der Waals surface area contributed by atoms with E-state index < -0.39 is 5.79 Å². The number of nitrogens with one attached hydrogen (secondary N) is 3. The van der Waals surface area contributed by atoms with Crippen LogP contribution in [0.4, 0.5) is 11.4 Å². The van der Waals surface area contributed by atoms with Gasteiger partial charge in [0.2, 0.25) is 5.79 Å². The van der Waals surface area contributed by atoms with Crippen molar-refractivity contribution in [1.29, 1.82) is 0 Å². The molecule has 1 fully saturated rings. The van der Waals surface area contributed by atoms with E-state index >= 15 is 0 Å². The molecule has 8 heteroatoms. The maximum atomic E-state index is 6.71. The number of H-pyrrole nitrogens is 1. The van der Waals surface area contributed by atoms with Crippen LogP contribution in [0.15, 0.2) is 65.0 Å². The second-order valence-corrected chi connectivity index (χ2v) is 8.47. The summed E-state index contributed by atoms with van der Waals surface area (Å²) in [6.07, 6.45) is 3.64. The monoisotopic (exact) mass is 430 g/mol. The lowest BCUT2D eigenvalue weighted by Crippen LogP contribution is -2.51. The smallest absolute Gasteiger partial charge is 0.210 e. The molecule has 0 aliphatic carbocycles. The molecule has 1 atom stereocenters. The predicted octanol–water partition coefficient (Wildman–Crippen LogP) is 2.79. The number of hydrogen-bond acceptors (Lipinski definition) is 7. The summed E-state index contributed by atoms with van der Waals surface area (Å²) in [4.78, 5) is 9.53. The lowest BCUT2D eigenvalue weighted by molar-refractivity contribution is 0.271. The largest absolute Gasteiger partial charge is 0.369 e. The van der Waals surface area contributed by atoms with Gasteiger partial charge in [0.15, 0.2) is 0 Å². The fraction of sp³-hybridized carbons (Fsp3) is 0.333. The molecule has 166 valence electrons. The number of aromatic nitrogens is 2. The molecule has 5 N–H and O–H groups in total. The Morgan fingerprint density at radius 1 is 1.09 bits per heavy atom. The Labute approximate surface area is 188 Å². The third-order valence-electron chi connectivity index (χ3n) is 6.37. The van der Waals surface area contributed by atoms with Crippen LogP contribution in [0.25, 0.3) is 10.9 Å². The van der Waals surface area contributed by atoms with E-state index in [4.69, 9.17) is 5.73 Å². The quantitative estimate of drug-likeness (QED) is 0.497. The number of aromatic amines is 1. The number of allylic oxidation sites excluding steroid dienone is 1. The zero-order chi connectivity index (χ0) is 22.1. The molecule has 2 aliphatic heterocycles. The lowest BCUT2D eigenvalue weighted by atomic mass is 10.1. The van der Waals surface area contributed by atoms with Crippen LogP contribution in [0.1, 0.15) is 19.4 Å². The van der Waals surface area contributed by atoms with Crippen molar-refractivity contribution >= 4 is 28.5 Å². The number of piperazine rings is 1. The van der Waals surface area contributed by atoms with Gasteiger partial charge in [-0.15, -0.1) is 0 Å². The molecule has 1 aromatic heterocycles. The summed E-state index contributed by atoms with van der Waals surface area (Å²) in [6.45, 7) is 9.66. The number of anilines is 2. The minimum atomic E-state index is -1.03. The van der Waals surface area contributed by atoms with E-state index in [9.17, 15) is 0 Å². The number of nitrogens with two attached hydrogens (primary N) is 1. The Hall–Kier alpha value is -3.36. The summed E-state index contributed by atoms with van der Waals surface area (Å²) in [6, 6.07) is 14.5. The first kappa shape index (κ1) is 20.5. The van der Waals surface area contributed by atoms with Gasteiger partial charge >= 0.3 is 0 Å². The molecule has 2 aliphatic rings. The molecular formula is C24H30N8. The van der Waals surface area contributed by atoms with Crippen LogP contribution < -0.4 is 21.3 Å². The van der Waals surface area contributed by atoms with Gasteiger partial charge in [-0.25, -0.2) is 4.99 Å². The molecule has 0 saturated carbocycles. The van der Waals surface area contributed by atoms with Gasteiger partial charge in [0, 0.05) is 60.3 Å². The van der Waals surface area contributed by atoms with Crippen molar-refractivity contribution in [1.82, 2.24) is 20.4 Å². The highest BCUT2D eigenvalue weighted by molar-refractivity contribution is 5.84. The van der Waals surface area contributed by atoms with Gasteiger partial charge in [-0.1, -0.05) is 19.1 Å². The third kappa shape index (κ3) is 3.94. The van der Waals surface area contributed by atoms with Crippen molar-refractivity contribution in [3.8, 4) is 0 Å². The van der Waals surface area contributed by atoms with Crippen LogP contribution in [0.3, 0.4) is 0 Å². The molecule has 1 unspecified atom stereocenters. The Bertz CT molecular complexity index is 1150. The second kappa shape index (κ2) is 8.29. The molecule has 8 nitrogen and oxygen atoms in total. The van der Waals surface area contributed by atoms with Crippen molar-refractivity contribution in [2.24, 2.45) is 10.7 Å². The Morgan fingerprint density at radius 2 is 1.88 bits per heavy atom. The predicted molar refractivity (Wildman–Crippen MR) is 131 cm³/mol. The lowest BCUT2D eigenvalue weighted by Gasteiger charge is -2.36. The van der Waals surface area contributed by atoms with Crippen LogP contribution in [0.2, 0.25) is 0 Å². The van der Waals surface area contributed by atoms with Crippen LogP contribution in [-0.4, -0.2) is 54.0 Å². The van der Waals surface area contributed by atoms with E-state index in [0.717, 1.165) is 66.3 Å². The molecule has 0 amide bonds. The van der Waals surface area contributed by atoms with Gasteiger partial charge in [0.1, 0.15) is 5.82 Å². The normalized spacial score (nSPS) is 21.8. The maximum Gasteiger partial charge on any atom is 0.210 e. The third-order valence-corrected chi connectivity index (χ3v) is 6.37. The van der Waals surface area contributed by atoms with Crippen molar-refractivity contribution in [3.05, 3.63) is 65.6 Å². The van der Waals surface area contributed by atoms with E-state index in [2.05, 4.69) is 72.9 Å². The zero-order valence-electron chi connectivity index (χ0n) is 18.6. The van der Waals surface area contributed by atoms with Gasteiger partial charge in [0.25, 0.3) is 0 Å². The van der Waals surface area contributed by atoms with Crippen molar-refractivity contribution in [2.45, 2.75) is 19.6 Å². The molecule has 0 radical (unpaired) electrons. The molecule has 3 aromatic rings. The topological polar surface area (TPSA) is 97.6 Å². The van der Waals surface area contributed by atoms with Gasteiger partial charge in [-0.2, -0.15) is 5.10 Å². The minimum Gasteiger partial charge on any atom is -0.369 e. The van der Waals surface area contributed by atoms with E-state index in [1.807, 2.05) is 31.5 Å². The fourth-order valence-electron chi connectivity index (χ4n) is 4.27. The van der Waals surface area contributed by atoms with Crippen LogP contribution in [0, 0.1) is 0 Å². The Morgan fingerprint density at radius 3 is 2.62 bits per heavy atom. The van der Waals surface area contributed by atoms with Gasteiger partial charge < -0.3 is 20.4 Å². The number of benzene rings is 2. The summed E-state index contributed by atoms with van der Waals surface area (Å²) >= 11 is 0. The van der Waals surface area contributed by atoms with Crippen LogP contribution in [-0.2, 0) is 5.79 Å². The molecule has 5 rings (SSSR count). The fourth-order valence-corrected chi connectivity index (χ4v) is 4.27. The zero-order valence-corrected chi connectivity index (χ0v) is 18.6. The van der Waals surface area contributed by atoms with E-state index in [1.165, 1.54) is 5.69 Å². The molecule has 0 spiro atoms. The van der Waals surface area contributed by atoms with Gasteiger partial charge in [-0.05, 0) is 43.8 Å². The Kier molecular flexibility index (Phi) is 5.32. The van der Waals surface area contributed by atoms with Crippen LogP contribution >= 0.6 is 0 Å². The minimum absolute atomic E-state index is 0.838. The highest BCUT2D eigenvalue weighted by Gasteiger charge is 2.30. The summed E-state index contributed by atoms with van der Waals surface area (Å²) in [7, 11) is 0. The maximum absolute atomic E-state index is 6.71. The summed E-state index contributed by atoms with van der Waals surface area (Å²) < 4.78 is 0. The van der Waals surface area contributed by atoms with Crippen molar-refractivity contribution < 1.29 is 0 Å². The first-order chi connectivity index (χ1) is 15.5. The van der Waals surface area contributed by atoms with Crippen molar-refractivity contribution in [2.75, 3.05) is 42.9 Å². The van der Waals surface area contributed by atoms with E-state index in [1.54, 1.807) is 0 Å². The molecule has 3 heterocycles. The standard InChI is InChI=1S/C24H30N8/c1-3-31-10-12-32(13-11-31)21-7-4-19(5-8-21)24(25)26-15-17(2)23(29-24)28-20-6-9-22-18(14-20)16-27-30-22/h4-9,14-16,28-29H,3,10-13,25H2,1-2H3,(H,27,30). The van der Waals surface area contributed by atoms with Gasteiger partial charge in [0.05, 0.1) is 11.7 Å². The number of aliphatic imine (C=N–C) groups is 1. The van der Waals surface area contributed by atoms with E-state index in [0.29, 0.717) is 0 Å². The van der Waals surface area contributed by atoms with Gasteiger partial charge in [-0.3, -0.25) is 10.8 Å². The number of hydrogen-bond donors (Lipinski definition) is 4. The first-order valence-corrected chi connectivity index (χ1v) is 11.2. The highest BCUT2D eigenvalue weighted by Crippen LogP contribution is 2.27. The summed E-state index contributed by atoms with van der Waals surface area (Å²) in [5.41, 5.74) is 11.8. The first-order valence-electron chi connectivity index (χ1n) is 11.2.